The van der Waals surface area contributed by atoms with Crippen molar-refractivity contribution in [2.75, 3.05) is 68.8 Å². The minimum absolute atomic E-state index is 0.113. The molecule has 3 aliphatic heterocycles. The fraction of sp³-hybridized carbons (Fsp3) is 0.455. The number of halogens is 2. The number of aliphatic imine (C=N–C) groups is 2. The number of likely N-dealkylation sites (tertiary alicyclic amines) is 1. The summed E-state index contributed by atoms with van der Waals surface area (Å²) in [5.41, 5.74) is 13.5. The summed E-state index contributed by atoms with van der Waals surface area (Å²) in [4.78, 5) is 53.4. The molecule has 3 saturated heterocycles. The Labute approximate surface area is 371 Å². The first-order chi connectivity index (χ1) is 30.0. The Balaban J connectivity index is 0.900. The monoisotopic (exact) mass is 888 g/mol. The molecule has 1 amide bonds. The highest BCUT2D eigenvalue weighted by Crippen LogP contribution is 2.43. The van der Waals surface area contributed by atoms with Gasteiger partial charge in [0.1, 0.15) is 36.2 Å². The molecule has 7 rings (SSSR count). The molecule has 1 aromatic heterocycles. The lowest BCUT2D eigenvalue weighted by molar-refractivity contribution is -0.159. The number of ether oxygens (including phenoxy) is 3. The van der Waals surface area contributed by atoms with Gasteiger partial charge in [-0.15, -0.1) is 0 Å². The molecule has 0 spiro atoms. The van der Waals surface area contributed by atoms with Gasteiger partial charge >= 0.3 is 11.7 Å². The number of anilines is 2. The largest absolute Gasteiger partial charge is 0.493 e. The first kappa shape index (κ1) is 44.6. The van der Waals surface area contributed by atoms with Crippen LogP contribution in [0.15, 0.2) is 87.8 Å². The van der Waals surface area contributed by atoms with E-state index in [1.54, 1.807) is 19.1 Å². The second-order valence-corrected chi connectivity index (χ2v) is 16.7. The highest BCUT2D eigenvalue weighted by molar-refractivity contribution is 6.35. The SMILES string of the molecule is CC[C@@H]([C@H](C)OC(=O)[C@@H]1CCCN1C(=O)CN)n1ncn(-c2ccc(N3CCN(c4ccc(OC[C@@H]5CO[C@@](CN=CN=CN)(c6ccc(Cl)cc6Cl)C5)cc4)CC3)cc2)c1=O. The molecule has 0 radical (unpaired) electrons. The molecular weight excluding hydrogens is 835 g/mol. The number of hydrogen-bond donors (Lipinski definition) is 2. The molecule has 0 bridgehead atoms. The van der Waals surface area contributed by atoms with Crippen LogP contribution in [-0.4, -0.2) is 115 Å². The Bertz CT molecular complexity index is 2280. The van der Waals surface area contributed by atoms with E-state index in [9.17, 15) is 14.4 Å². The minimum atomic E-state index is -0.735. The predicted octanol–water partition coefficient (Wildman–Crippen LogP) is 4.83. The lowest BCUT2D eigenvalue weighted by atomic mass is 9.87. The van der Waals surface area contributed by atoms with Gasteiger partial charge in [0.15, 0.2) is 0 Å². The number of benzene rings is 3. The molecule has 0 saturated carbocycles. The molecule has 4 N–H and O–H groups in total. The summed E-state index contributed by atoms with van der Waals surface area (Å²) in [5.74, 6) is 0.128. The Morgan fingerprint density at radius 1 is 1.00 bits per heavy atom. The average Bonchev–Trinajstić information content (AvgIpc) is 4.05. The third kappa shape index (κ3) is 9.94. The van der Waals surface area contributed by atoms with E-state index in [0.717, 1.165) is 48.9 Å². The van der Waals surface area contributed by atoms with Gasteiger partial charge in [-0.1, -0.05) is 36.2 Å². The second kappa shape index (κ2) is 20.2. The molecule has 330 valence electrons. The van der Waals surface area contributed by atoms with Gasteiger partial charge in [0.05, 0.1) is 44.4 Å². The number of rotatable bonds is 16. The van der Waals surface area contributed by atoms with Crippen molar-refractivity contribution in [3.05, 3.63) is 99.2 Å². The number of hydrogen-bond acceptors (Lipinski definition) is 11. The van der Waals surface area contributed by atoms with E-state index in [-0.39, 0.29) is 24.1 Å². The van der Waals surface area contributed by atoms with Crippen LogP contribution in [0.1, 0.15) is 51.1 Å². The number of amides is 1. The van der Waals surface area contributed by atoms with Crippen LogP contribution in [0.25, 0.3) is 5.69 Å². The fourth-order valence-corrected chi connectivity index (χ4v) is 9.27. The van der Waals surface area contributed by atoms with Crippen LogP contribution in [-0.2, 0) is 24.7 Å². The number of nitrogens with two attached hydrogens (primary N) is 2. The smallest absolute Gasteiger partial charge is 0.350 e. The highest BCUT2D eigenvalue weighted by Gasteiger charge is 2.43. The van der Waals surface area contributed by atoms with Crippen molar-refractivity contribution in [2.45, 2.75) is 63.3 Å². The number of carbonyl (C=O) groups excluding carboxylic acids is 2. The van der Waals surface area contributed by atoms with Gasteiger partial charge in [0.2, 0.25) is 5.91 Å². The Morgan fingerprint density at radius 2 is 1.68 bits per heavy atom. The molecule has 18 heteroatoms. The van der Waals surface area contributed by atoms with E-state index < -0.39 is 29.8 Å². The minimum Gasteiger partial charge on any atom is -0.493 e. The standard InChI is InChI=1S/C44H54Cl2N10O6/c1-3-39(30(2)62-42(58)40-5-4-16-54(40)41(57)23-47)56-43(59)55(29-51-56)35-9-7-33(8-10-35)52-17-19-53(20-18-52)34-11-13-36(14-12-34)60-24-31-22-44(61-25-31,26-49-28-50-27-48)37-15-6-32(45)21-38(37)46/h6-15,21,27-31,39-40H,3-5,16-20,22-26,47H2,1-2H3,(H2,48,49,50)/t30-,31+,39-,40-,44-/m0/s1. The topological polar surface area (TPSA) is 188 Å². The van der Waals surface area contributed by atoms with E-state index >= 15 is 0 Å². The van der Waals surface area contributed by atoms with Crippen molar-refractivity contribution in [1.29, 1.82) is 0 Å². The zero-order chi connectivity index (χ0) is 43.8. The van der Waals surface area contributed by atoms with Crippen LogP contribution in [0.2, 0.25) is 10.0 Å². The summed E-state index contributed by atoms with van der Waals surface area (Å²) in [6.45, 7) is 8.60. The number of aromatic nitrogens is 3. The van der Waals surface area contributed by atoms with Crippen molar-refractivity contribution in [3.8, 4) is 11.4 Å². The van der Waals surface area contributed by atoms with Gasteiger partial charge in [-0.2, -0.15) is 5.10 Å². The van der Waals surface area contributed by atoms with Crippen molar-refractivity contribution >= 4 is 59.1 Å². The summed E-state index contributed by atoms with van der Waals surface area (Å²) in [6.07, 6.45) is 5.84. The molecular formula is C44H54Cl2N10O6. The molecule has 3 fully saturated rings. The van der Waals surface area contributed by atoms with Crippen LogP contribution in [0.3, 0.4) is 0 Å². The van der Waals surface area contributed by atoms with Crippen molar-refractivity contribution in [1.82, 2.24) is 19.2 Å². The van der Waals surface area contributed by atoms with Crippen LogP contribution in [0.4, 0.5) is 11.4 Å². The molecule has 3 aliphatic rings. The van der Waals surface area contributed by atoms with Gasteiger partial charge < -0.3 is 40.4 Å². The third-order valence-corrected chi connectivity index (χ3v) is 12.5. The van der Waals surface area contributed by atoms with Crippen LogP contribution >= 0.6 is 23.2 Å². The van der Waals surface area contributed by atoms with Crippen LogP contribution in [0, 0.1) is 5.92 Å². The maximum absolute atomic E-state index is 13.6. The first-order valence-corrected chi connectivity index (χ1v) is 21.8. The van der Waals surface area contributed by atoms with Crippen molar-refractivity contribution in [2.24, 2.45) is 27.4 Å². The summed E-state index contributed by atoms with van der Waals surface area (Å²) in [6, 6.07) is 20.3. The van der Waals surface area contributed by atoms with Gasteiger partial charge in [-0.3, -0.25) is 9.79 Å². The zero-order valence-electron chi connectivity index (χ0n) is 35.0. The van der Waals surface area contributed by atoms with Gasteiger partial charge in [-0.25, -0.2) is 23.8 Å². The second-order valence-electron chi connectivity index (χ2n) is 15.8. The lowest BCUT2D eigenvalue weighted by Crippen LogP contribution is -2.46. The number of piperazine rings is 1. The van der Waals surface area contributed by atoms with Gasteiger partial charge in [0, 0.05) is 65.6 Å². The summed E-state index contributed by atoms with van der Waals surface area (Å²) < 4.78 is 21.3. The molecule has 62 heavy (non-hydrogen) atoms. The summed E-state index contributed by atoms with van der Waals surface area (Å²) in [7, 11) is 0. The molecule has 4 heterocycles. The molecule has 5 atom stereocenters. The van der Waals surface area contributed by atoms with Gasteiger partial charge in [-0.05, 0) is 93.3 Å². The first-order valence-electron chi connectivity index (χ1n) is 21.0. The molecule has 3 aromatic carbocycles. The van der Waals surface area contributed by atoms with Crippen molar-refractivity contribution < 1.29 is 23.8 Å². The van der Waals surface area contributed by atoms with Crippen molar-refractivity contribution in [3.63, 3.8) is 0 Å². The quantitative estimate of drug-likeness (QED) is 0.0892. The fourth-order valence-electron chi connectivity index (χ4n) is 8.69. The van der Waals surface area contributed by atoms with Crippen LogP contribution in [0.5, 0.6) is 5.75 Å². The Kier molecular flexibility index (Phi) is 14.5. The summed E-state index contributed by atoms with van der Waals surface area (Å²) >= 11 is 12.8. The Hall–Kier alpha value is -5.42. The molecule has 16 nitrogen and oxygen atoms in total. The third-order valence-electron chi connectivity index (χ3n) is 12.0. The number of carbonyl (C=O) groups is 2. The van der Waals surface area contributed by atoms with E-state index in [2.05, 4.69) is 37.0 Å². The van der Waals surface area contributed by atoms with E-state index in [1.165, 1.54) is 33.2 Å². The zero-order valence-corrected chi connectivity index (χ0v) is 36.5. The maximum Gasteiger partial charge on any atom is 0.350 e. The molecule has 0 aliphatic carbocycles. The van der Waals surface area contributed by atoms with E-state index in [4.69, 9.17) is 48.9 Å². The van der Waals surface area contributed by atoms with E-state index in [0.29, 0.717) is 67.7 Å². The Morgan fingerprint density at radius 3 is 2.32 bits per heavy atom. The summed E-state index contributed by atoms with van der Waals surface area (Å²) in [5, 5.41) is 5.49. The normalized spacial score (nSPS) is 21.5. The lowest BCUT2D eigenvalue weighted by Gasteiger charge is -2.37. The van der Waals surface area contributed by atoms with Crippen LogP contribution < -0.4 is 31.7 Å². The van der Waals surface area contributed by atoms with Gasteiger partial charge in [0.25, 0.3) is 0 Å². The highest BCUT2D eigenvalue weighted by atomic mass is 35.5. The van der Waals surface area contributed by atoms with E-state index in [1.807, 2.05) is 49.4 Å². The number of esters is 1. The average molecular weight is 890 g/mol. The predicted molar refractivity (Wildman–Crippen MR) is 241 cm³/mol. The molecule has 4 aromatic rings. The molecule has 0 unspecified atom stereocenters. The maximum atomic E-state index is 13.6. The number of nitrogens with zero attached hydrogens (tertiary/aromatic N) is 8.